The summed E-state index contributed by atoms with van der Waals surface area (Å²) >= 11 is 0. The first-order valence-corrected chi connectivity index (χ1v) is 10.3. The van der Waals surface area contributed by atoms with Gasteiger partial charge in [0.25, 0.3) is 0 Å². The number of halogens is 1. The molecule has 0 atom stereocenters. The molecule has 0 spiro atoms. The highest BCUT2D eigenvalue weighted by Gasteiger charge is 2.15. The highest BCUT2D eigenvalue weighted by Crippen LogP contribution is 2.18. The Balaban J connectivity index is 1.70. The van der Waals surface area contributed by atoms with E-state index in [0.717, 1.165) is 16.8 Å². The molecule has 3 aromatic rings. The Bertz CT molecular complexity index is 1010. The van der Waals surface area contributed by atoms with E-state index in [4.69, 9.17) is 0 Å². The maximum atomic E-state index is 13.4. The summed E-state index contributed by atoms with van der Waals surface area (Å²) in [4.78, 5) is 0.245. The molecule has 3 rings (SSSR count). The highest BCUT2D eigenvalue weighted by atomic mass is 32.2. The molecule has 0 saturated heterocycles. The number of sulfonamides is 1. The van der Waals surface area contributed by atoms with Crippen LogP contribution < -0.4 is 4.72 Å². The second-order valence-electron chi connectivity index (χ2n) is 6.81. The number of nitrogens with one attached hydrogen (secondary N) is 1. The van der Waals surface area contributed by atoms with Gasteiger partial charge in [0.1, 0.15) is 5.82 Å². The zero-order valence-corrected chi connectivity index (χ0v) is 16.2. The van der Waals surface area contributed by atoms with E-state index in [-0.39, 0.29) is 17.3 Å². The normalized spacial score (nSPS) is 11.9. The SMILES string of the molecule is CC(C)c1ccc(S(=O)(=O)NCc2cccn2Cc2cccc(F)c2)cc1. The Kier molecular flexibility index (Phi) is 5.77. The van der Waals surface area contributed by atoms with Crippen molar-refractivity contribution >= 4 is 10.0 Å². The molecule has 0 bridgehead atoms. The molecule has 27 heavy (non-hydrogen) atoms. The van der Waals surface area contributed by atoms with Crippen molar-refractivity contribution in [2.24, 2.45) is 0 Å². The topological polar surface area (TPSA) is 51.1 Å². The zero-order chi connectivity index (χ0) is 19.4. The van der Waals surface area contributed by atoms with Gasteiger partial charge in [-0.05, 0) is 53.4 Å². The Morgan fingerprint density at radius 3 is 2.44 bits per heavy atom. The lowest BCUT2D eigenvalue weighted by atomic mass is 10.0. The van der Waals surface area contributed by atoms with Gasteiger partial charge in [-0.3, -0.25) is 0 Å². The Morgan fingerprint density at radius 2 is 1.78 bits per heavy atom. The zero-order valence-electron chi connectivity index (χ0n) is 15.4. The molecule has 1 N–H and O–H groups in total. The van der Waals surface area contributed by atoms with E-state index >= 15 is 0 Å². The van der Waals surface area contributed by atoms with Gasteiger partial charge < -0.3 is 4.57 Å². The van der Waals surface area contributed by atoms with Gasteiger partial charge in [0.2, 0.25) is 10.0 Å². The van der Waals surface area contributed by atoms with Crippen LogP contribution in [0.25, 0.3) is 0 Å². The fraction of sp³-hybridized carbons (Fsp3) is 0.238. The smallest absolute Gasteiger partial charge is 0.240 e. The molecule has 0 radical (unpaired) electrons. The van der Waals surface area contributed by atoms with Crippen LogP contribution in [-0.4, -0.2) is 13.0 Å². The predicted molar refractivity (Wildman–Crippen MR) is 104 cm³/mol. The van der Waals surface area contributed by atoms with E-state index in [9.17, 15) is 12.8 Å². The second-order valence-corrected chi connectivity index (χ2v) is 8.57. The van der Waals surface area contributed by atoms with Gasteiger partial charge >= 0.3 is 0 Å². The highest BCUT2D eigenvalue weighted by molar-refractivity contribution is 7.89. The lowest BCUT2D eigenvalue weighted by molar-refractivity contribution is 0.578. The molecule has 0 aliphatic carbocycles. The summed E-state index contributed by atoms with van der Waals surface area (Å²) in [5.41, 5.74) is 2.72. The van der Waals surface area contributed by atoms with E-state index in [0.29, 0.717) is 12.5 Å². The average Bonchev–Trinajstić information content (AvgIpc) is 3.07. The molecule has 0 aliphatic rings. The fourth-order valence-electron chi connectivity index (χ4n) is 2.88. The third kappa shape index (κ3) is 4.84. The standard InChI is InChI=1S/C21H23FN2O2S/c1-16(2)18-8-10-21(11-9-18)27(25,26)23-14-20-7-4-12-24(20)15-17-5-3-6-19(22)13-17/h3-13,16,23H,14-15H2,1-2H3. The van der Waals surface area contributed by atoms with Crippen LogP contribution in [0.4, 0.5) is 4.39 Å². The van der Waals surface area contributed by atoms with E-state index in [1.807, 2.05) is 41.1 Å². The minimum atomic E-state index is -3.60. The molecule has 1 aromatic heterocycles. The molecule has 1 heterocycles. The van der Waals surface area contributed by atoms with Gasteiger partial charge in [-0.15, -0.1) is 0 Å². The molecule has 0 saturated carbocycles. The lowest BCUT2D eigenvalue weighted by Crippen LogP contribution is -2.24. The molecule has 2 aromatic carbocycles. The Labute approximate surface area is 159 Å². The van der Waals surface area contributed by atoms with Crippen LogP contribution in [0.2, 0.25) is 0 Å². The number of hydrogen-bond donors (Lipinski definition) is 1. The van der Waals surface area contributed by atoms with Gasteiger partial charge in [0.15, 0.2) is 0 Å². The minimum Gasteiger partial charge on any atom is -0.346 e. The van der Waals surface area contributed by atoms with Gasteiger partial charge in [0, 0.05) is 18.4 Å². The maximum Gasteiger partial charge on any atom is 0.240 e. The van der Waals surface area contributed by atoms with Crippen LogP contribution in [0.5, 0.6) is 0 Å². The molecule has 0 fully saturated rings. The van der Waals surface area contributed by atoms with Crippen molar-refractivity contribution < 1.29 is 12.8 Å². The van der Waals surface area contributed by atoms with E-state index in [1.54, 1.807) is 18.2 Å². The largest absolute Gasteiger partial charge is 0.346 e. The summed E-state index contributed by atoms with van der Waals surface area (Å²) in [6.07, 6.45) is 1.85. The van der Waals surface area contributed by atoms with Crippen molar-refractivity contribution in [2.75, 3.05) is 0 Å². The number of nitrogens with zero attached hydrogens (tertiary/aromatic N) is 1. The summed E-state index contributed by atoms with van der Waals surface area (Å²) in [7, 11) is -3.60. The second kappa shape index (κ2) is 8.06. The van der Waals surface area contributed by atoms with Crippen LogP contribution in [0.3, 0.4) is 0 Å². The van der Waals surface area contributed by atoms with Gasteiger partial charge in [-0.25, -0.2) is 17.5 Å². The maximum absolute atomic E-state index is 13.4. The molecular formula is C21H23FN2O2S. The third-order valence-electron chi connectivity index (χ3n) is 4.47. The number of hydrogen-bond acceptors (Lipinski definition) is 2. The fourth-order valence-corrected chi connectivity index (χ4v) is 3.88. The van der Waals surface area contributed by atoms with Crippen molar-refractivity contribution in [1.82, 2.24) is 9.29 Å². The first-order valence-electron chi connectivity index (χ1n) is 8.83. The number of benzene rings is 2. The Hall–Kier alpha value is -2.44. The monoisotopic (exact) mass is 386 g/mol. The van der Waals surface area contributed by atoms with Crippen molar-refractivity contribution in [3.8, 4) is 0 Å². The van der Waals surface area contributed by atoms with Crippen LogP contribution in [0.15, 0.2) is 71.8 Å². The Morgan fingerprint density at radius 1 is 1.04 bits per heavy atom. The van der Waals surface area contributed by atoms with E-state index in [1.165, 1.54) is 12.1 Å². The predicted octanol–water partition coefficient (Wildman–Crippen LogP) is 4.28. The van der Waals surface area contributed by atoms with Gasteiger partial charge in [-0.1, -0.05) is 38.1 Å². The molecule has 0 aliphatic heterocycles. The first kappa shape index (κ1) is 19.3. The number of aromatic nitrogens is 1. The molecule has 0 amide bonds. The van der Waals surface area contributed by atoms with Crippen LogP contribution in [-0.2, 0) is 23.1 Å². The van der Waals surface area contributed by atoms with Crippen LogP contribution >= 0.6 is 0 Å². The van der Waals surface area contributed by atoms with Crippen molar-refractivity contribution in [3.63, 3.8) is 0 Å². The summed E-state index contributed by atoms with van der Waals surface area (Å²) < 4.78 is 43.0. The quantitative estimate of drug-likeness (QED) is 0.659. The lowest BCUT2D eigenvalue weighted by Gasteiger charge is -2.12. The van der Waals surface area contributed by atoms with Crippen molar-refractivity contribution in [3.05, 3.63) is 89.5 Å². The molecular weight excluding hydrogens is 363 g/mol. The summed E-state index contributed by atoms with van der Waals surface area (Å²) in [5, 5.41) is 0. The summed E-state index contributed by atoms with van der Waals surface area (Å²) in [6, 6.07) is 17.0. The molecule has 142 valence electrons. The van der Waals surface area contributed by atoms with Crippen LogP contribution in [0.1, 0.15) is 36.6 Å². The van der Waals surface area contributed by atoms with Crippen LogP contribution in [0, 0.1) is 5.82 Å². The van der Waals surface area contributed by atoms with Gasteiger partial charge in [0.05, 0.1) is 11.4 Å². The molecule has 4 nitrogen and oxygen atoms in total. The molecule has 6 heteroatoms. The molecule has 0 unspecified atom stereocenters. The number of rotatable bonds is 7. The summed E-state index contributed by atoms with van der Waals surface area (Å²) in [5.74, 6) is 0.0626. The van der Waals surface area contributed by atoms with E-state index < -0.39 is 10.0 Å². The van der Waals surface area contributed by atoms with Gasteiger partial charge in [-0.2, -0.15) is 0 Å². The average molecular weight is 386 g/mol. The van der Waals surface area contributed by atoms with Crippen molar-refractivity contribution in [1.29, 1.82) is 0 Å². The van der Waals surface area contributed by atoms with Crippen molar-refractivity contribution in [2.45, 2.75) is 37.8 Å². The third-order valence-corrected chi connectivity index (χ3v) is 5.88. The first-order chi connectivity index (χ1) is 12.8. The summed E-state index contributed by atoms with van der Waals surface area (Å²) in [6.45, 7) is 4.77. The van der Waals surface area contributed by atoms with E-state index in [2.05, 4.69) is 18.6 Å². The minimum absolute atomic E-state index is 0.163.